The van der Waals surface area contributed by atoms with E-state index < -0.39 is 0 Å². The number of nitrogens with one attached hydrogen (secondary N) is 1. The number of piperidine rings is 1. The fraction of sp³-hybridized carbons (Fsp3) is 1.00. The Kier molecular flexibility index (Phi) is 6.26. The molecule has 1 aliphatic rings. The van der Waals surface area contributed by atoms with Crippen molar-refractivity contribution >= 4 is 0 Å². The van der Waals surface area contributed by atoms with Crippen molar-refractivity contribution in [3.8, 4) is 0 Å². The maximum atomic E-state index is 3.73. The zero-order chi connectivity index (χ0) is 11.1. The van der Waals surface area contributed by atoms with Crippen LogP contribution in [0, 0.1) is 5.92 Å². The molecule has 0 radical (unpaired) electrons. The number of hydrogen-bond acceptors (Lipinski definition) is 2. The van der Waals surface area contributed by atoms with Gasteiger partial charge in [0.15, 0.2) is 0 Å². The summed E-state index contributed by atoms with van der Waals surface area (Å²) in [4.78, 5) is 2.56. The molecule has 1 N–H and O–H groups in total. The van der Waals surface area contributed by atoms with Crippen molar-refractivity contribution in [1.29, 1.82) is 0 Å². The Labute approximate surface area is 95.4 Å². The van der Waals surface area contributed by atoms with E-state index in [2.05, 4.69) is 31.0 Å². The third-order valence-electron chi connectivity index (χ3n) is 3.49. The summed E-state index contributed by atoms with van der Waals surface area (Å²) in [7, 11) is 0. The minimum atomic E-state index is 0.748. The first-order chi connectivity index (χ1) is 7.26. The first-order valence-electron chi connectivity index (χ1n) is 6.72. The Balaban J connectivity index is 2.14. The molecule has 0 aromatic carbocycles. The lowest BCUT2D eigenvalue weighted by molar-refractivity contribution is 0.195. The SMILES string of the molecule is CCCC(C)CNC1CCCN(CC)C1. The minimum Gasteiger partial charge on any atom is -0.312 e. The zero-order valence-corrected chi connectivity index (χ0v) is 10.8. The predicted molar refractivity (Wildman–Crippen MR) is 67.2 cm³/mol. The van der Waals surface area contributed by atoms with E-state index in [0.29, 0.717) is 0 Å². The second-order valence-electron chi connectivity index (χ2n) is 5.03. The Morgan fingerprint density at radius 3 is 2.87 bits per heavy atom. The van der Waals surface area contributed by atoms with Gasteiger partial charge in [-0.05, 0) is 44.8 Å². The van der Waals surface area contributed by atoms with E-state index in [-0.39, 0.29) is 0 Å². The van der Waals surface area contributed by atoms with Crippen LogP contribution in [0.2, 0.25) is 0 Å². The molecule has 15 heavy (non-hydrogen) atoms. The smallest absolute Gasteiger partial charge is 0.0195 e. The molecule has 0 spiro atoms. The molecule has 2 atom stereocenters. The molecule has 1 aliphatic heterocycles. The van der Waals surface area contributed by atoms with Crippen LogP contribution < -0.4 is 5.32 Å². The van der Waals surface area contributed by atoms with Crippen molar-refractivity contribution in [3.63, 3.8) is 0 Å². The van der Waals surface area contributed by atoms with Crippen molar-refractivity contribution in [3.05, 3.63) is 0 Å². The first-order valence-corrected chi connectivity index (χ1v) is 6.72. The summed E-state index contributed by atoms with van der Waals surface area (Å²) >= 11 is 0. The largest absolute Gasteiger partial charge is 0.312 e. The molecule has 0 aliphatic carbocycles. The van der Waals surface area contributed by atoms with Crippen molar-refractivity contribution < 1.29 is 0 Å². The summed E-state index contributed by atoms with van der Waals surface area (Å²) in [5.74, 6) is 0.840. The quantitative estimate of drug-likeness (QED) is 0.728. The fourth-order valence-electron chi connectivity index (χ4n) is 2.47. The maximum absolute atomic E-state index is 3.73. The van der Waals surface area contributed by atoms with E-state index in [0.717, 1.165) is 12.0 Å². The van der Waals surface area contributed by atoms with Gasteiger partial charge in [0, 0.05) is 12.6 Å². The van der Waals surface area contributed by atoms with Crippen LogP contribution in [0.4, 0.5) is 0 Å². The van der Waals surface area contributed by atoms with Gasteiger partial charge in [0.25, 0.3) is 0 Å². The summed E-state index contributed by atoms with van der Waals surface area (Å²) in [5.41, 5.74) is 0. The topological polar surface area (TPSA) is 15.3 Å². The van der Waals surface area contributed by atoms with Crippen LogP contribution in [0.15, 0.2) is 0 Å². The predicted octanol–water partition coefficient (Wildman–Crippen LogP) is 2.50. The average molecular weight is 212 g/mol. The van der Waals surface area contributed by atoms with E-state index in [1.165, 1.54) is 51.9 Å². The van der Waals surface area contributed by atoms with Crippen LogP contribution in [0.1, 0.15) is 46.5 Å². The maximum Gasteiger partial charge on any atom is 0.0195 e. The second-order valence-corrected chi connectivity index (χ2v) is 5.03. The highest BCUT2D eigenvalue weighted by atomic mass is 15.2. The third-order valence-corrected chi connectivity index (χ3v) is 3.49. The third kappa shape index (κ3) is 4.98. The van der Waals surface area contributed by atoms with E-state index in [1.807, 2.05) is 0 Å². The molecule has 0 aromatic heterocycles. The van der Waals surface area contributed by atoms with Crippen LogP contribution in [-0.4, -0.2) is 37.1 Å². The van der Waals surface area contributed by atoms with Crippen LogP contribution in [0.25, 0.3) is 0 Å². The summed E-state index contributed by atoms with van der Waals surface area (Å²) < 4.78 is 0. The highest BCUT2D eigenvalue weighted by molar-refractivity contribution is 4.77. The Bertz CT molecular complexity index is 159. The fourth-order valence-corrected chi connectivity index (χ4v) is 2.47. The normalized spacial score (nSPS) is 25.4. The molecule has 2 nitrogen and oxygen atoms in total. The molecule has 1 fully saturated rings. The van der Waals surface area contributed by atoms with E-state index >= 15 is 0 Å². The van der Waals surface area contributed by atoms with Gasteiger partial charge >= 0.3 is 0 Å². The van der Waals surface area contributed by atoms with Crippen LogP contribution in [0.3, 0.4) is 0 Å². The number of likely N-dealkylation sites (tertiary alicyclic amines) is 1. The lowest BCUT2D eigenvalue weighted by Crippen LogP contribution is -2.46. The van der Waals surface area contributed by atoms with Crippen molar-refractivity contribution in [2.24, 2.45) is 5.92 Å². The molecule has 2 heteroatoms. The molecule has 0 amide bonds. The van der Waals surface area contributed by atoms with Crippen LogP contribution in [0.5, 0.6) is 0 Å². The van der Waals surface area contributed by atoms with E-state index in [1.54, 1.807) is 0 Å². The Morgan fingerprint density at radius 1 is 1.40 bits per heavy atom. The lowest BCUT2D eigenvalue weighted by Gasteiger charge is -2.33. The highest BCUT2D eigenvalue weighted by Gasteiger charge is 2.18. The summed E-state index contributed by atoms with van der Waals surface area (Å²) in [6, 6.07) is 0.748. The molecule has 1 heterocycles. The van der Waals surface area contributed by atoms with E-state index in [4.69, 9.17) is 0 Å². The van der Waals surface area contributed by atoms with E-state index in [9.17, 15) is 0 Å². The monoisotopic (exact) mass is 212 g/mol. The number of nitrogens with zero attached hydrogens (tertiary/aromatic N) is 1. The van der Waals surface area contributed by atoms with Gasteiger partial charge in [0.05, 0.1) is 0 Å². The number of hydrogen-bond donors (Lipinski definition) is 1. The molecule has 90 valence electrons. The lowest BCUT2D eigenvalue weighted by atomic mass is 10.0. The summed E-state index contributed by atoms with van der Waals surface area (Å²) in [5, 5.41) is 3.73. The van der Waals surface area contributed by atoms with Crippen molar-refractivity contribution in [1.82, 2.24) is 10.2 Å². The first kappa shape index (κ1) is 13.0. The van der Waals surface area contributed by atoms with Crippen molar-refractivity contribution in [2.45, 2.75) is 52.5 Å². The molecule has 0 saturated carbocycles. The zero-order valence-electron chi connectivity index (χ0n) is 10.8. The summed E-state index contributed by atoms with van der Waals surface area (Å²) in [6.07, 6.45) is 5.41. The van der Waals surface area contributed by atoms with Crippen molar-refractivity contribution in [2.75, 3.05) is 26.2 Å². The molecular formula is C13H28N2. The Hall–Kier alpha value is -0.0800. The molecular weight excluding hydrogens is 184 g/mol. The van der Waals surface area contributed by atoms with Gasteiger partial charge in [-0.2, -0.15) is 0 Å². The van der Waals surface area contributed by atoms with Crippen LogP contribution in [-0.2, 0) is 0 Å². The van der Waals surface area contributed by atoms with Gasteiger partial charge in [0.2, 0.25) is 0 Å². The minimum absolute atomic E-state index is 0.748. The average Bonchev–Trinajstić information content (AvgIpc) is 2.27. The van der Waals surface area contributed by atoms with Gasteiger partial charge in [0.1, 0.15) is 0 Å². The molecule has 0 bridgehead atoms. The van der Waals surface area contributed by atoms with Gasteiger partial charge in [-0.1, -0.05) is 27.2 Å². The molecule has 1 saturated heterocycles. The summed E-state index contributed by atoms with van der Waals surface area (Å²) in [6.45, 7) is 11.9. The second kappa shape index (κ2) is 7.24. The van der Waals surface area contributed by atoms with Gasteiger partial charge in [-0.3, -0.25) is 0 Å². The van der Waals surface area contributed by atoms with Gasteiger partial charge < -0.3 is 10.2 Å². The van der Waals surface area contributed by atoms with Crippen LogP contribution >= 0.6 is 0 Å². The Morgan fingerprint density at radius 2 is 2.20 bits per heavy atom. The highest BCUT2D eigenvalue weighted by Crippen LogP contribution is 2.10. The van der Waals surface area contributed by atoms with Gasteiger partial charge in [-0.15, -0.1) is 0 Å². The molecule has 1 rings (SSSR count). The molecule has 0 aromatic rings. The number of rotatable bonds is 6. The standard InChI is InChI=1S/C13H28N2/c1-4-7-12(3)10-14-13-8-6-9-15(5-2)11-13/h12-14H,4-11H2,1-3H3. The molecule has 2 unspecified atom stereocenters. The number of likely N-dealkylation sites (N-methyl/N-ethyl adjacent to an activating group) is 1. The van der Waals surface area contributed by atoms with Gasteiger partial charge in [-0.25, -0.2) is 0 Å².